The van der Waals surface area contributed by atoms with E-state index in [0.717, 1.165) is 11.3 Å². The fourth-order valence-electron chi connectivity index (χ4n) is 1.69. The number of hydrogen-bond donors (Lipinski definition) is 1. The SMILES string of the molecule is Cc1cc(=O)[nH]c(CCOCc2ccccc2)n1. The van der Waals surface area contributed by atoms with E-state index in [4.69, 9.17) is 4.74 Å². The van der Waals surface area contributed by atoms with Crippen LogP contribution in [0, 0.1) is 6.92 Å². The molecule has 1 N–H and O–H groups in total. The smallest absolute Gasteiger partial charge is 0.251 e. The van der Waals surface area contributed by atoms with E-state index in [1.165, 1.54) is 6.07 Å². The summed E-state index contributed by atoms with van der Waals surface area (Å²) in [6.45, 7) is 2.93. The van der Waals surface area contributed by atoms with Crippen LogP contribution >= 0.6 is 0 Å². The third-order valence-corrected chi connectivity index (χ3v) is 2.51. The molecule has 1 aromatic carbocycles. The number of aromatic nitrogens is 2. The van der Waals surface area contributed by atoms with Crippen LogP contribution in [0.1, 0.15) is 17.1 Å². The van der Waals surface area contributed by atoms with Gasteiger partial charge < -0.3 is 9.72 Å². The molecule has 2 aromatic rings. The van der Waals surface area contributed by atoms with Gasteiger partial charge in [0.05, 0.1) is 13.2 Å². The van der Waals surface area contributed by atoms with E-state index in [1.807, 2.05) is 37.3 Å². The molecule has 0 atom stereocenters. The molecule has 0 aliphatic heterocycles. The van der Waals surface area contributed by atoms with Crippen molar-refractivity contribution in [1.82, 2.24) is 9.97 Å². The summed E-state index contributed by atoms with van der Waals surface area (Å²) in [7, 11) is 0. The maximum absolute atomic E-state index is 11.2. The Kier molecular flexibility index (Phi) is 4.25. The average molecular weight is 244 g/mol. The molecular formula is C14H16N2O2. The van der Waals surface area contributed by atoms with Crippen LogP contribution in [0.15, 0.2) is 41.2 Å². The third-order valence-electron chi connectivity index (χ3n) is 2.51. The van der Waals surface area contributed by atoms with Gasteiger partial charge in [-0.1, -0.05) is 30.3 Å². The van der Waals surface area contributed by atoms with Crippen LogP contribution in [0.5, 0.6) is 0 Å². The van der Waals surface area contributed by atoms with Gasteiger partial charge in [-0.05, 0) is 12.5 Å². The molecule has 2 rings (SSSR count). The topological polar surface area (TPSA) is 55.0 Å². The number of aryl methyl sites for hydroxylation is 1. The largest absolute Gasteiger partial charge is 0.376 e. The predicted molar refractivity (Wildman–Crippen MR) is 69.4 cm³/mol. The van der Waals surface area contributed by atoms with Gasteiger partial charge in [0, 0.05) is 18.2 Å². The van der Waals surface area contributed by atoms with Crippen molar-refractivity contribution in [2.75, 3.05) is 6.61 Å². The second kappa shape index (κ2) is 6.12. The summed E-state index contributed by atoms with van der Waals surface area (Å²) in [4.78, 5) is 18.2. The molecule has 18 heavy (non-hydrogen) atoms. The maximum Gasteiger partial charge on any atom is 0.251 e. The van der Waals surface area contributed by atoms with Gasteiger partial charge in [-0.25, -0.2) is 4.98 Å². The molecule has 0 amide bonds. The Morgan fingerprint density at radius 1 is 1.28 bits per heavy atom. The summed E-state index contributed by atoms with van der Waals surface area (Å²) in [5.41, 5.74) is 1.76. The van der Waals surface area contributed by atoms with Crippen LogP contribution in [0.25, 0.3) is 0 Å². The zero-order chi connectivity index (χ0) is 12.8. The molecule has 4 nitrogen and oxygen atoms in total. The minimum Gasteiger partial charge on any atom is -0.376 e. The zero-order valence-corrected chi connectivity index (χ0v) is 10.3. The van der Waals surface area contributed by atoms with Crippen LogP contribution in [-0.4, -0.2) is 16.6 Å². The predicted octanol–water partition coefficient (Wildman–Crippen LogP) is 1.84. The van der Waals surface area contributed by atoms with Gasteiger partial charge in [0.15, 0.2) is 0 Å². The minimum atomic E-state index is -0.111. The minimum absolute atomic E-state index is 0.111. The first-order valence-electron chi connectivity index (χ1n) is 5.92. The molecule has 0 saturated carbocycles. The molecule has 0 spiro atoms. The van der Waals surface area contributed by atoms with Gasteiger partial charge in [-0.3, -0.25) is 4.79 Å². The van der Waals surface area contributed by atoms with Crippen molar-refractivity contribution in [3.8, 4) is 0 Å². The van der Waals surface area contributed by atoms with Crippen LogP contribution in [-0.2, 0) is 17.8 Å². The van der Waals surface area contributed by atoms with Gasteiger partial charge in [0.1, 0.15) is 5.82 Å². The molecule has 94 valence electrons. The van der Waals surface area contributed by atoms with Gasteiger partial charge in [-0.2, -0.15) is 0 Å². The van der Waals surface area contributed by atoms with Crippen molar-refractivity contribution in [3.63, 3.8) is 0 Å². The molecule has 0 aliphatic carbocycles. The Morgan fingerprint density at radius 2 is 2.06 bits per heavy atom. The number of benzene rings is 1. The van der Waals surface area contributed by atoms with Crippen LogP contribution in [0.2, 0.25) is 0 Å². The molecule has 1 aromatic heterocycles. The number of H-pyrrole nitrogens is 1. The van der Waals surface area contributed by atoms with Crippen LogP contribution in [0.3, 0.4) is 0 Å². The van der Waals surface area contributed by atoms with Crippen LogP contribution in [0.4, 0.5) is 0 Å². The first kappa shape index (κ1) is 12.5. The Bertz CT molecular complexity index is 549. The summed E-state index contributed by atoms with van der Waals surface area (Å²) in [5.74, 6) is 0.674. The molecule has 0 bridgehead atoms. The van der Waals surface area contributed by atoms with Crippen molar-refractivity contribution in [1.29, 1.82) is 0 Å². The molecule has 1 heterocycles. The van der Waals surface area contributed by atoms with Crippen molar-refractivity contribution in [2.24, 2.45) is 0 Å². The highest BCUT2D eigenvalue weighted by Gasteiger charge is 1.98. The van der Waals surface area contributed by atoms with Crippen molar-refractivity contribution in [3.05, 3.63) is 63.8 Å². The van der Waals surface area contributed by atoms with Crippen molar-refractivity contribution in [2.45, 2.75) is 20.0 Å². The van der Waals surface area contributed by atoms with Gasteiger partial charge in [-0.15, -0.1) is 0 Å². The lowest BCUT2D eigenvalue weighted by atomic mass is 10.2. The number of hydrogen-bond acceptors (Lipinski definition) is 3. The summed E-state index contributed by atoms with van der Waals surface area (Å²) in [6.07, 6.45) is 0.615. The first-order valence-corrected chi connectivity index (χ1v) is 5.92. The van der Waals surface area contributed by atoms with Crippen molar-refractivity contribution >= 4 is 0 Å². The Hall–Kier alpha value is -1.94. The van der Waals surface area contributed by atoms with E-state index in [9.17, 15) is 4.79 Å². The van der Waals surface area contributed by atoms with Crippen molar-refractivity contribution < 1.29 is 4.74 Å². The number of nitrogens with one attached hydrogen (secondary N) is 1. The fraction of sp³-hybridized carbons (Fsp3) is 0.286. The first-order chi connectivity index (χ1) is 8.74. The van der Waals surface area contributed by atoms with E-state index in [1.54, 1.807) is 0 Å². The van der Waals surface area contributed by atoms with Gasteiger partial charge >= 0.3 is 0 Å². The molecule has 0 unspecified atom stereocenters. The van der Waals surface area contributed by atoms with Gasteiger partial charge in [0.25, 0.3) is 5.56 Å². The standard InChI is InChI=1S/C14H16N2O2/c1-11-9-14(17)16-13(15-11)7-8-18-10-12-5-3-2-4-6-12/h2-6,9H,7-8,10H2,1H3,(H,15,16,17). The average Bonchev–Trinajstić information content (AvgIpc) is 2.35. The quantitative estimate of drug-likeness (QED) is 0.816. The fourth-order valence-corrected chi connectivity index (χ4v) is 1.69. The van der Waals surface area contributed by atoms with E-state index in [0.29, 0.717) is 25.5 Å². The third kappa shape index (κ3) is 3.82. The zero-order valence-electron chi connectivity index (χ0n) is 10.3. The normalized spacial score (nSPS) is 10.5. The monoisotopic (exact) mass is 244 g/mol. The number of ether oxygens (including phenoxy) is 1. The lowest BCUT2D eigenvalue weighted by Crippen LogP contribution is -2.13. The molecule has 0 aliphatic rings. The Labute approximate surface area is 106 Å². The van der Waals surface area contributed by atoms with E-state index >= 15 is 0 Å². The van der Waals surface area contributed by atoms with E-state index < -0.39 is 0 Å². The highest BCUT2D eigenvalue weighted by Crippen LogP contribution is 2.01. The lowest BCUT2D eigenvalue weighted by Gasteiger charge is -2.04. The molecule has 0 radical (unpaired) electrons. The highest BCUT2D eigenvalue weighted by molar-refractivity contribution is 5.13. The number of aromatic amines is 1. The summed E-state index contributed by atoms with van der Waals surface area (Å²) in [5, 5.41) is 0. The molecule has 0 fully saturated rings. The maximum atomic E-state index is 11.2. The summed E-state index contributed by atoms with van der Waals surface area (Å²) in [6, 6.07) is 11.5. The van der Waals surface area contributed by atoms with Crippen LogP contribution < -0.4 is 5.56 Å². The van der Waals surface area contributed by atoms with E-state index in [-0.39, 0.29) is 5.56 Å². The second-order valence-electron chi connectivity index (χ2n) is 4.12. The lowest BCUT2D eigenvalue weighted by molar-refractivity contribution is 0.122. The van der Waals surface area contributed by atoms with Gasteiger partial charge in [0.2, 0.25) is 0 Å². The van der Waals surface area contributed by atoms with E-state index in [2.05, 4.69) is 9.97 Å². The summed E-state index contributed by atoms with van der Waals surface area (Å²) < 4.78 is 5.54. The molecule has 4 heteroatoms. The Balaban J connectivity index is 1.80. The number of rotatable bonds is 5. The molecular weight excluding hydrogens is 228 g/mol. The summed E-state index contributed by atoms with van der Waals surface area (Å²) >= 11 is 0. The highest BCUT2D eigenvalue weighted by atomic mass is 16.5. The molecule has 0 saturated heterocycles. The Morgan fingerprint density at radius 3 is 2.78 bits per heavy atom. The number of nitrogens with zero attached hydrogens (tertiary/aromatic N) is 1. The second-order valence-corrected chi connectivity index (χ2v) is 4.12.